The zero-order valence-corrected chi connectivity index (χ0v) is 16.1. The van der Waals surface area contributed by atoms with Gasteiger partial charge in [0.15, 0.2) is 5.69 Å². The number of rotatable bonds is 6. The van der Waals surface area contributed by atoms with Crippen molar-refractivity contribution in [1.29, 1.82) is 0 Å². The number of amides is 1. The van der Waals surface area contributed by atoms with Crippen molar-refractivity contribution in [1.82, 2.24) is 10.0 Å². The van der Waals surface area contributed by atoms with E-state index in [2.05, 4.69) is 20.3 Å². The maximum atomic E-state index is 12.9. The van der Waals surface area contributed by atoms with Crippen molar-refractivity contribution < 1.29 is 37.5 Å². The molecule has 1 aromatic heterocycles. The highest BCUT2D eigenvalue weighted by atomic mass is 35.5. The zero-order chi connectivity index (χ0) is 21.8. The molecule has 29 heavy (non-hydrogen) atoms. The predicted molar refractivity (Wildman–Crippen MR) is 94.7 cm³/mol. The van der Waals surface area contributed by atoms with Gasteiger partial charge in [0.2, 0.25) is 0 Å². The summed E-state index contributed by atoms with van der Waals surface area (Å²) < 4.78 is 38.7. The van der Waals surface area contributed by atoms with Gasteiger partial charge in [-0.05, 0) is 36.8 Å². The van der Waals surface area contributed by atoms with Gasteiger partial charge in [-0.25, -0.2) is 20.3 Å². The van der Waals surface area contributed by atoms with Crippen molar-refractivity contribution in [3.8, 4) is 0 Å². The molecule has 0 atom stereocenters. The van der Waals surface area contributed by atoms with Gasteiger partial charge in [-0.1, -0.05) is 16.6 Å². The van der Waals surface area contributed by atoms with E-state index in [0.29, 0.717) is 11.6 Å². The molecule has 156 valence electrons. The van der Waals surface area contributed by atoms with Crippen LogP contribution in [-0.2, 0) is 20.9 Å². The minimum absolute atomic E-state index is 0.0405. The Labute approximate surface area is 168 Å². The van der Waals surface area contributed by atoms with Crippen LogP contribution >= 0.6 is 11.6 Å². The smallest absolute Gasteiger partial charge is 0.274 e. The molecule has 0 saturated carbocycles. The summed E-state index contributed by atoms with van der Waals surface area (Å²) in [6, 6.07) is 3.96. The lowest BCUT2D eigenvalue weighted by Gasteiger charge is -2.16. The van der Waals surface area contributed by atoms with Gasteiger partial charge in [-0.15, -0.1) is 0 Å². The second-order valence-electron chi connectivity index (χ2n) is 5.64. The van der Waals surface area contributed by atoms with Crippen LogP contribution in [-0.4, -0.2) is 36.1 Å². The summed E-state index contributed by atoms with van der Waals surface area (Å²) in [6.07, 6.45) is -3.33. The fourth-order valence-corrected chi connectivity index (χ4v) is 2.30. The third-order valence-corrected chi connectivity index (χ3v) is 3.89. The quantitative estimate of drug-likeness (QED) is 0.547. The third kappa shape index (κ3) is 5.56. The van der Waals surface area contributed by atoms with Crippen LogP contribution in [0.25, 0.3) is 0 Å². The number of benzene rings is 1. The summed E-state index contributed by atoms with van der Waals surface area (Å²) in [5, 5.41) is 0.339. The number of hydrogen-bond acceptors (Lipinski definition) is 7. The van der Waals surface area contributed by atoms with E-state index in [1.807, 2.05) is 0 Å². The van der Waals surface area contributed by atoms with Gasteiger partial charge in [-0.2, -0.15) is 13.2 Å². The molecule has 0 saturated heterocycles. The first-order chi connectivity index (χ1) is 13.5. The number of hydrogen-bond donors (Lipinski definition) is 1. The molecule has 1 amide bonds. The molecule has 0 aliphatic rings. The summed E-state index contributed by atoms with van der Waals surface area (Å²) in [7, 11) is 2.63. The number of halogens is 4. The molecule has 0 bridgehead atoms. The van der Waals surface area contributed by atoms with Gasteiger partial charge < -0.3 is 0 Å². The number of aryl methyl sites for hydroxylation is 1. The Morgan fingerprint density at radius 2 is 1.93 bits per heavy atom. The molecule has 0 aliphatic heterocycles. The Bertz CT molecular complexity index is 924. The number of carbonyl (C=O) groups is 2. The normalized spacial score (nSPS) is 11.1. The highest BCUT2D eigenvalue weighted by Gasteiger charge is 2.34. The number of anilines is 1. The molecule has 12 heteroatoms. The molecule has 1 aromatic carbocycles. The van der Waals surface area contributed by atoms with E-state index in [1.54, 1.807) is 6.92 Å². The molecular weight excluding hydrogens is 419 g/mol. The van der Waals surface area contributed by atoms with Crippen LogP contribution in [0.3, 0.4) is 0 Å². The van der Waals surface area contributed by atoms with E-state index in [4.69, 9.17) is 16.4 Å². The lowest BCUT2D eigenvalue weighted by Crippen LogP contribution is -2.27. The van der Waals surface area contributed by atoms with Crippen LogP contribution in [0.5, 0.6) is 0 Å². The number of carbonyl (C=O) groups excluding carboxylic acids is 2. The molecule has 0 radical (unpaired) electrons. The van der Waals surface area contributed by atoms with Crippen LogP contribution in [0.15, 0.2) is 30.5 Å². The molecule has 1 heterocycles. The van der Waals surface area contributed by atoms with E-state index in [9.17, 15) is 22.8 Å². The summed E-state index contributed by atoms with van der Waals surface area (Å²) >= 11 is 5.50. The summed E-state index contributed by atoms with van der Waals surface area (Å²) in [6.45, 7) is 1.69. The summed E-state index contributed by atoms with van der Waals surface area (Å²) in [5.41, 5.74) is 1.15. The largest absolute Gasteiger partial charge is 0.417 e. The molecule has 0 aliphatic carbocycles. The second-order valence-corrected chi connectivity index (χ2v) is 6.05. The van der Waals surface area contributed by atoms with Crippen LogP contribution in [0.1, 0.15) is 32.0 Å². The van der Waals surface area contributed by atoms with E-state index >= 15 is 0 Å². The Balaban J connectivity index is 2.12. The molecule has 8 nitrogen and oxygen atoms in total. The van der Waals surface area contributed by atoms with Gasteiger partial charge in [-0.3, -0.25) is 14.5 Å². The molecule has 2 aromatic rings. The number of pyridine rings is 1. The van der Waals surface area contributed by atoms with Crippen molar-refractivity contribution in [3.63, 3.8) is 0 Å². The molecule has 0 spiro atoms. The van der Waals surface area contributed by atoms with Crippen LogP contribution < -0.4 is 5.48 Å². The second kappa shape index (κ2) is 9.07. The summed E-state index contributed by atoms with van der Waals surface area (Å²) in [4.78, 5) is 42.0. The Morgan fingerprint density at radius 3 is 2.55 bits per heavy atom. The average molecular weight is 434 g/mol. The maximum absolute atomic E-state index is 12.9. The zero-order valence-electron chi connectivity index (χ0n) is 15.3. The number of hydroxylamine groups is 2. The monoisotopic (exact) mass is 433 g/mol. The summed E-state index contributed by atoms with van der Waals surface area (Å²) in [5.74, 6) is -1.85. The Kier molecular flexibility index (Phi) is 7.01. The maximum Gasteiger partial charge on any atom is 0.417 e. The highest BCUT2D eigenvalue weighted by molar-refractivity contribution is 6.31. The lowest BCUT2D eigenvalue weighted by molar-refractivity contribution is -0.216. The standard InChI is InChI=1S/C17H15ClF3N3O5/c1-9-6-13(14(22-8-9)15(25)24(2)27-3)23-29-28-16(26)10-4-5-12(18)11(7-10)17(19,20)21/h4-8,23H,1-3H3. The lowest BCUT2D eigenvalue weighted by atomic mass is 10.1. The number of alkyl halides is 3. The highest BCUT2D eigenvalue weighted by Crippen LogP contribution is 2.35. The van der Waals surface area contributed by atoms with Gasteiger partial charge in [0.1, 0.15) is 0 Å². The fourth-order valence-electron chi connectivity index (χ4n) is 2.07. The van der Waals surface area contributed by atoms with Crippen molar-refractivity contribution >= 4 is 29.2 Å². The number of aromatic nitrogens is 1. The minimum atomic E-state index is -4.75. The topological polar surface area (TPSA) is 90.0 Å². The van der Waals surface area contributed by atoms with Gasteiger partial charge in [0.25, 0.3) is 5.91 Å². The predicted octanol–water partition coefficient (Wildman–Crippen LogP) is 3.81. The van der Waals surface area contributed by atoms with Crippen molar-refractivity contribution in [2.24, 2.45) is 0 Å². The van der Waals surface area contributed by atoms with Gasteiger partial charge in [0, 0.05) is 13.2 Å². The molecule has 2 rings (SSSR count). The van der Waals surface area contributed by atoms with Crippen molar-refractivity contribution in [3.05, 3.63) is 57.9 Å². The van der Waals surface area contributed by atoms with Crippen molar-refractivity contribution in [2.45, 2.75) is 13.1 Å². The first kappa shape index (κ1) is 22.4. The van der Waals surface area contributed by atoms with Crippen molar-refractivity contribution in [2.75, 3.05) is 19.6 Å². The first-order valence-electron chi connectivity index (χ1n) is 7.84. The SMILES string of the molecule is CON(C)C(=O)c1ncc(C)cc1NOOC(=O)c1ccc(Cl)c(C(F)(F)F)c1. The van der Waals surface area contributed by atoms with E-state index in [1.165, 1.54) is 26.4 Å². The molecular formula is C17H15ClF3N3O5. The first-order valence-corrected chi connectivity index (χ1v) is 8.21. The minimum Gasteiger partial charge on any atom is -0.274 e. The fraction of sp³-hybridized carbons (Fsp3) is 0.235. The van der Waals surface area contributed by atoms with Crippen LogP contribution in [0.2, 0.25) is 5.02 Å². The van der Waals surface area contributed by atoms with Crippen LogP contribution in [0.4, 0.5) is 18.9 Å². The van der Waals surface area contributed by atoms with Crippen LogP contribution in [0, 0.1) is 6.92 Å². The third-order valence-electron chi connectivity index (χ3n) is 3.56. The molecule has 0 fully saturated rings. The molecule has 1 N–H and O–H groups in total. The Hall–Kier alpha value is -2.89. The Morgan fingerprint density at radius 1 is 1.24 bits per heavy atom. The van der Waals surface area contributed by atoms with E-state index in [0.717, 1.165) is 17.2 Å². The van der Waals surface area contributed by atoms with Gasteiger partial charge in [0.05, 0.1) is 28.9 Å². The molecule has 0 unspecified atom stereocenters. The van der Waals surface area contributed by atoms with Gasteiger partial charge >= 0.3 is 12.1 Å². The van der Waals surface area contributed by atoms with E-state index < -0.39 is 34.2 Å². The number of nitrogens with zero attached hydrogens (tertiary/aromatic N) is 2. The van der Waals surface area contributed by atoms with E-state index in [-0.39, 0.29) is 11.4 Å². The average Bonchev–Trinajstić information content (AvgIpc) is 2.66. The number of nitrogens with one attached hydrogen (secondary N) is 1.